The van der Waals surface area contributed by atoms with Gasteiger partial charge in [0.15, 0.2) is 0 Å². The zero-order valence-electron chi connectivity index (χ0n) is 8.16. The zero-order valence-corrected chi connectivity index (χ0v) is 9.75. The number of halogens is 1. The molecule has 1 aromatic rings. The summed E-state index contributed by atoms with van der Waals surface area (Å²) in [5.41, 5.74) is 0.233. The Labute approximate surface area is 95.6 Å². The van der Waals surface area contributed by atoms with E-state index in [1.165, 1.54) is 0 Å². The van der Waals surface area contributed by atoms with Gasteiger partial charge >= 0.3 is 5.97 Å². The van der Waals surface area contributed by atoms with Crippen molar-refractivity contribution in [3.63, 3.8) is 0 Å². The average molecular weight is 274 g/mol. The number of anilines is 1. The molecule has 0 amide bonds. The molecule has 2 rings (SSSR count). The van der Waals surface area contributed by atoms with Crippen molar-refractivity contribution in [1.82, 2.24) is 9.78 Å². The van der Waals surface area contributed by atoms with E-state index < -0.39 is 5.97 Å². The van der Waals surface area contributed by atoms with E-state index in [1.807, 2.05) is 0 Å². The standard InChI is InChI=1S/C9H12BrN3O2/c10-7-6(9(14)15)8-11-4-2-1-3-5-13(8)12-7/h11H,1-5H2,(H,14,15). The van der Waals surface area contributed by atoms with Crippen molar-refractivity contribution < 1.29 is 9.90 Å². The smallest absolute Gasteiger partial charge is 0.342 e. The Morgan fingerprint density at radius 1 is 1.47 bits per heavy atom. The molecule has 0 fully saturated rings. The Bertz CT molecular complexity index is 389. The molecule has 1 aliphatic heterocycles. The van der Waals surface area contributed by atoms with E-state index in [9.17, 15) is 4.79 Å². The maximum Gasteiger partial charge on any atom is 0.342 e. The third kappa shape index (κ3) is 1.99. The molecule has 15 heavy (non-hydrogen) atoms. The summed E-state index contributed by atoms with van der Waals surface area (Å²) in [4.78, 5) is 11.0. The second-order valence-corrected chi connectivity index (χ2v) is 4.28. The number of nitrogens with zero attached hydrogens (tertiary/aromatic N) is 2. The largest absolute Gasteiger partial charge is 0.477 e. The fourth-order valence-electron chi connectivity index (χ4n) is 1.73. The van der Waals surface area contributed by atoms with Gasteiger partial charge in [-0.05, 0) is 35.2 Å². The molecule has 0 unspecified atom stereocenters. The fourth-order valence-corrected chi connectivity index (χ4v) is 2.28. The second-order valence-electron chi connectivity index (χ2n) is 3.53. The van der Waals surface area contributed by atoms with Crippen LogP contribution >= 0.6 is 15.9 Å². The average Bonchev–Trinajstić information content (AvgIpc) is 2.42. The number of hydrogen-bond donors (Lipinski definition) is 2. The third-order valence-corrected chi connectivity index (χ3v) is 3.02. The van der Waals surface area contributed by atoms with Crippen LogP contribution in [0.3, 0.4) is 0 Å². The Morgan fingerprint density at radius 2 is 2.27 bits per heavy atom. The minimum atomic E-state index is -0.948. The van der Waals surface area contributed by atoms with Gasteiger partial charge in [0.1, 0.15) is 16.0 Å². The molecule has 0 spiro atoms. The molecule has 1 aromatic heterocycles. The van der Waals surface area contributed by atoms with Gasteiger partial charge < -0.3 is 10.4 Å². The fraction of sp³-hybridized carbons (Fsp3) is 0.556. The molecule has 0 bridgehead atoms. The van der Waals surface area contributed by atoms with Crippen molar-refractivity contribution in [2.45, 2.75) is 25.8 Å². The van der Waals surface area contributed by atoms with Crippen LogP contribution in [-0.4, -0.2) is 27.4 Å². The first kappa shape index (κ1) is 10.5. The highest BCUT2D eigenvalue weighted by atomic mass is 79.9. The van der Waals surface area contributed by atoms with Crippen molar-refractivity contribution in [2.24, 2.45) is 0 Å². The molecule has 2 N–H and O–H groups in total. The van der Waals surface area contributed by atoms with E-state index in [-0.39, 0.29) is 5.56 Å². The van der Waals surface area contributed by atoms with Gasteiger partial charge in [-0.15, -0.1) is 0 Å². The second kappa shape index (κ2) is 4.22. The van der Waals surface area contributed by atoms with Gasteiger partial charge in [-0.2, -0.15) is 5.10 Å². The van der Waals surface area contributed by atoms with Crippen LogP contribution in [0.5, 0.6) is 0 Å². The number of rotatable bonds is 1. The Balaban J connectivity index is 2.43. The Morgan fingerprint density at radius 3 is 3.00 bits per heavy atom. The maximum atomic E-state index is 11.0. The van der Waals surface area contributed by atoms with Crippen molar-refractivity contribution in [3.05, 3.63) is 10.2 Å². The monoisotopic (exact) mass is 273 g/mol. The summed E-state index contributed by atoms with van der Waals surface area (Å²) in [6.45, 7) is 1.58. The Hall–Kier alpha value is -1.04. The molecule has 0 saturated heterocycles. The highest BCUT2D eigenvalue weighted by molar-refractivity contribution is 9.10. The molecule has 2 heterocycles. The molecule has 0 radical (unpaired) electrons. The topological polar surface area (TPSA) is 67.1 Å². The highest BCUT2D eigenvalue weighted by Gasteiger charge is 2.22. The van der Waals surface area contributed by atoms with E-state index in [1.54, 1.807) is 4.68 Å². The summed E-state index contributed by atoms with van der Waals surface area (Å²) in [6.07, 6.45) is 3.26. The normalized spacial score (nSPS) is 16.1. The predicted molar refractivity (Wildman–Crippen MR) is 59.2 cm³/mol. The lowest BCUT2D eigenvalue weighted by atomic mass is 10.2. The summed E-state index contributed by atoms with van der Waals surface area (Å²) in [6, 6.07) is 0. The lowest BCUT2D eigenvalue weighted by Gasteiger charge is -2.13. The molecule has 0 aliphatic carbocycles. The number of hydrogen-bond acceptors (Lipinski definition) is 3. The van der Waals surface area contributed by atoms with E-state index in [4.69, 9.17) is 5.11 Å². The minimum absolute atomic E-state index is 0.233. The summed E-state index contributed by atoms with van der Waals surface area (Å²) in [5, 5.41) is 16.3. The molecular weight excluding hydrogens is 262 g/mol. The van der Waals surface area contributed by atoms with Gasteiger partial charge in [-0.1, -0.05) is 0 Å². The highest BCUT2D eigenvalue weighted by Crippen LogP contribution is 2.26. The number of carboxylic acid groups (broad SMARTS) is 1. The third-order valence-electron chi connectivity index (χ3n) is 2.46. The van der Waals surface area contributed by atoms with Crippen molar-refractivity contribution >= 4 is 27.7 Å². The van der Waals surface area contributed by atoms with Crippen LogP contribution in [0, 0.1) is 0 Å². The Kier molecular flexibility index (Phi) is 2.95. The number of aryl methyl sites for hydroxylation is 1. The molecule has 5 nitrogen and oxygen atoms in total. The van der Waals surface area contributed by atoms with Crippen LogP contribution in [0.15, 0.2) is 4.60 Å². The van der Waals surface area contributed by atoms with Crippen molar-refractivity contribution in [2.75, 3.05) is 11.9 Å². The van der Waals surface area contributed by atoms with E-state index in [2.05, 4.69) is 26.3 Å². The molecule has 0 saturated carbocycles. The lowest BCUT2D eigenvalue weighted by Crippen LogP contribution is -2.15. The maximum absolute atomic E-state index is 11.0. The van der Waals surface area contributed by atoms with E-state index >= 15 is 0 Å². The van der Waals surface area contributed by atoms with E-state index in [0.29, 0.717) is 10.4 Å². The first-order valence-corrected chi connectivity index (χ1v) is 5.73. The molecule has 6 heteroatoms. The first-order chi connectivity index (χ1) is 7.20. The van der Waals surface area contributed by atoms with Gasteiger partial charge in [0.2, 0.25) is 0 Å². The SMILES string of the molecule is O=C(O)c1c(Br)nn2c1NCCCCC2. The van der Waals surface area contributed by atoms with Crippen LogP contribution in [-0.2, 0) is 6.54 Å². The number of nitrogens with one attached hydrogen (secondary N) is 1. The molecular formula is C9H12BrN3O2. The molecule has 0 atom stereocenters. The summed E-state index contributed by atoms with van der Waals surface area (Å²) in [7, 11) is 0. The lowest BCUT2D eigenvalue weighted by molar-refractivity contribution is 0.0697. The summed E-state index contributed by atoms with van der Waals surface area (Å²) < 4.78 is 2.13. The van der Waals surface area contributed by atoms with Gasteiger partial charge in [0, 0.05) is 13.1 Å². The van der Waals surface area contributed by atoms with E-state index in [0.717, 1.165) is 32.4 Å². The van der Waals surface area contributed by atoms with Crippen LogP contribution in [0.25, 0.3) is 0 Å². The van der Waals surface area contributed by atoms with Crippen LogP contribution in [0.4, 0.5) is 5.82 Å². The van der Waals surface area contributed by atoms with Gasteiger partial charge in [0.05, 0.1) is 0 Å². The number of aromatic carboxylic acids is 1. The van der Waals surface area contributed by atoms with Gasteiger partial charge in [-0.3, -0.25) is 0 Å². The minimum Gasteiger partial charge on any atom is -0.477 e. The number of aromatic nitrogens is 2. The molecule has 1 aliphatic rings. The summed E-state index contributed by atoms with van der Waals surface area (Å²) in [5.74, 6) is -0.328. The van der Waals surface area contributed by atoms with Crippen LogP contribution in [0.1, 0.15) is 29.6 Å². The first-order valence-electron chi connectivity index (χ1n) is 4.93. The number of fused-ring (bicyclic) bond motifs is 1. The van der Waals surface area contributed by atoms with Crippen LogP contribution < -0.4 is 5.32 Å². The zero-order chi connectivity index (χ0) is 10.8. The quantitative estimate of drug-likeness (QED) is 0.821. The predicted octanol–water partition coefficient (Wildman–Crippen LogP) is 1.94. The van der Waals surface area contributed by atoms with Crippen molar-refractivity contribution in [3.8, 4) is 0 Å². The van der Waals surface area contributed by atoms with Crippen LogP contribution in [0.2, 0.25) is 0 Å². The molecule has 0 aromatic carbocycles. The number of carbonyl (C=O) groups is 1. The number of carboxylic acids is 1. The van der Waals surface area contributed by atoms with Gasteiger partial charge in [-0.25, -0.2) is 9.48 Å². The van der Waals surface area contributed by atoms with Crippen molar-refractivity contribution in [1.29, 1.82) is 0 Å². The summed E-state index contributed by atoms with van der Waals surface area (Å²) >= 11 is 3.18. The molecule has 82 valence electrons. The van der Waals surface area contributed by atoms with Gasteiger partial charge in [0.25, 0.3) is 0 Å².